The van der Waals surface area contributed by atoms with E-state index < -0.39 is 22.6 Å². The third kappa shape index (κ3) is 4.00. The van der Waals surface area contributed by atoms with Crippen molar-refractivity contribution in [1.82, 2.24) is 15.1 Å². The van der Waals surface area contributed by atoms with Crippen LogP contribution in [0.2, 0.25) is 0 Å². The molecule has 1 aromatic carbocycles. The maximum atomic E-state index is 14.9. The van der Waals surface area contributed by atoms with Gasteiger partial charge in [0.05, 0.1) is 18.8 Å². The quantitative estimate of drug-likeness (QED) is 0.606. The minimum absolute atomic E-state index is 0.0242. The summed E-state index contributed by atoms with van der Waals surface area (Å²) in [7, 11) is -3.65. The number of nitrogens with one attached hydrogen (secondary N) is 2. The number of urea groups is 1. The van der Waals surface area contributed by atoms with Gasteiger partial charge in [-0.1, -0.05) is 0 Å². The van der Waals surface area contributed by atoms with Crippen LogP contribution in [-0.4, -0.2) is 45.9 Å². The average molecular weight is 481 g/mol. The molecule has 2 heterocycles. The molecule has 2 atom stereocenters. The largest absolute Gasteiger partial charge is 0.475 e. The number of nitrogens with zero attached hydrogens (tertiary/aromatic N) is 3. The number of fused-ring (bicyclic) bond motifs is 3. The molecule has 33 heavy (non-hydrogen) atoms. The van der Waals surface area contributed by atoms with Crippen LogP contribution in [0.5, 0.6) is 5.88 Å². The molecule has 1 aromatic heterocycles. The van der Waals surface area contributed by atoms with Gasteiger partial charge in [-0.3, -0.25) is 0 Å². The Morgan fingerprint density at radius 2 is 1.91 bits per heavy atom. The van der Waals surface area contributed by atoms with Gasteiger partial charge in [0, 0.05) is 12.2 Å². The van der Waals surface area contributed by atoms with Gasteiger partial charge >= 0.3 is 6.03 Å². The molecule has 0 fully saturated rings. The van der Waals surface area contributed by atoms with Crippen molar-refractivity contribution in [3.63, 3.8) is 0 Å². The molecule has 9 nitrogen and oxygen atoms in total. The first kappa shape index (κ1) is 22.2. The Morgan fingerprint density at radius 3 is 2.58 bits per heavy atom. The Kier molecular flexibility index (Phi) is 5.83. The molecule has 5 rings (SSSR count). The summed E-state index contributed by atoms with van der Waals surface area (Å²) in [5, 5.41) is 15.8. The minimum atomic E-state index is -3.65. The number of amides is 2. The fraction of sp³-hybridized carbons (Fsp3) is 0.524. The first-order valence-corrected chi connectivity index (χ1v) is 12.7. The normalized spacial score (nSPS) is 20.4. The van der Waals surface area contributed by atoms with E-state index in [0.717, 1.165) is 24.0 Å². The Balaban J connectivity index is 1.41. The summed E-state index contributed by atoms with van der Waals surface area (Å²) in [6, 6.07) is -1.01. The Bertz CT molecular complexity index is 1200. The van der Waals surface area contributed by atoms with Gasteiger partial charge in [-0.05, 0) is 60.8 Å². The highest BCUT2D eigenvalue weighted by Crippen LogP contribution is 2.41. The molecule has 1 aliphatic heterocycles. The van der Waals surface area contributed by atoms with Crippen molar-refractivity contribution in [2.24, 2.45) is 9.50 Å². The Labute approximate surface area is 190 Å². The maximum absolute atomic E-state index is 14.9. The number of carbonyl (C=O) groups excluding carboxylic acids is 1. The van der Waals surface area contributed by atoms with E-state index >= 15 is 0 Å². The van der Waals surface area contributed by atoms with E-state index in [4.69, 9.17) is 9.88 Å². The summed E-state index contributed by atoms with van der Waals surface area (Å²) in [5.74, 6) is 0.0384. The van der Waals surface area contributed by atoms with E-state index in [0.29, 0.717) is 49.0 Å². The maximum Gasteiger partial charge on any atom is 0.354 e. The van der Waals surface area contributed by atoms with Crippen LogP contribution in [0, 0.1) is 5.82 Å². The SMILES string of the molecule is N[S@](=O)(=NC(=O)Nc1c2c(c(F)c3c1CCC3)CCC2)c1cnn2c1OC[C@@H](NCCF)C2. The number of hydrogen-bond donors (Lipinski definition) is 3. The summed E-state index contributed by atoms with van der Waals surface area (Å²) >= 11 is 0. The molecule has 2 aliphatic carbocycles. The van der Waals surface area contributed by atoms with Crippen molar-refractivity contribution in [3.05, 3.63) is 34.3 Å². The molecular formula is C21H26F2N6O3S. The number of aromatic nitrogens is 2. The van der Waals surface area contributed by atoms with Crippen molar-refractivity contribution < 1.29 is 22.5 Å². The van der Waals surface area contributed by atoms with Crippen LogP contribution in [0.15, 0.2) is 15.5 Å². The van der Waals surface area contributed by atoms with Gasteiger partial charge in [0.1, 0.15) is 24.0 Å². The zero-order chi connectivity index (χ0) is 23.2. The van der Waals surface area contributed by atoms with Crippen molar-refractivity contribution in [1.29, 1.82) is 0 Å². The molecule has 0 unspecified atom stereocenters. The minimum Gasteiger partial charge on any atom is -0.475 e. The summed E-state index contributed by atoms with van der Waals surface area (Å²) < 4.78 is 51.3. The lowest BCUT2D eigenvalue weighted by atomic mass is 9.98. The fourth-order valence-corrected chi connectivity index (χ4v) is 6.00. The molecule has 0 radical (unpaired) electrons. The summed E-state index contributed by atoms with van der Waals surface area (Å²) in [6.07, 6.45) is 5.56. The van der Waals surface area contributed by atoms with E-state index in [-0.39, 0.29) is 35.8 Å². The van der Waals surface area contributed by atoms with Crippen LogP contribution in [0.25, 0.3) is 0 Å². The lowest BCUT2D eigenvalue weighted by molar-refractivity contribution is 0.177. The molecule has 0 spiro atoms. The average Bonchev–Trinajstić information content (AvgIpc) is 3.53. The Morgan fingerprint density at radius 1 is 1.24 bits per heavy atom. The number of carbonyl (C=O) groups is 1. The van der Waals surface area contributed by atoms with Gasteiger partial charge in [0.2, 0.25) is 5.88 Å². The van der Waals surface area contributed by atoms with Crippen LogP contribution in [-0.2, 0) is 42.1 Å². The molecule has 4 N–H and O–H groups in total. The first-order chi connectivity index (χ1) is 15.9. The number of ether oxygens (including phenoxy) is 1. The van der Waals surface area contributed by atoms with Gasteiger partial charge < -0.3 is 15.4 Å². The fourth-order valence-electron chi connectivity index (χ4n) is 5.00. The van der Waals surface area contributed by atoms with Gasteiger partial charge in [-0.15, -0.1) is 4.36 Å². The molecule has 2 aromatic rings. The van der Waals surface area contributed by atoms with Crippen molar-refractivity contribution in [3.8, 4) is 5.88 Å². The molecule has 0 bridgehead atoms. The predicted octanol–water partition coefficient (Wildman–Crippen LogP) is 2.25. The number of rotatable bonds is 5. The van der Waals surface area contributed by atoms with Crippen molar-refractivity contribution in [2.45, 2.75) is 56.0 Å². The third-order valence-electron chi connectivity index (χ3n) is 6.44. The van der Waals surface area contributed by atoms with Crippen LogP contribution >= 0.6 is 0 Å². The molecule has 0 saturated heterocycles. The highest BCUT2D eigenvalue weighted by molar-refractivity contribution is 7.91. The first-order valence-electron chi connectivity index (χ1n) is 11.1. The monoisotopic (exact) mass is 480 g/mol. The van der Waals surface area contributed by atoms with Crippen LogP contribution < -0.4 is 20.5 Å². The van der Waals surface area contributed by atoms with Gasteiger partial charge in [0.25, 0.3) is 0 Å². The number of hydrogen-bond acceptors (Lipinski definition) is 5. The zero-order valence-electron chi connectivity index (χ0n) is 18.0. The van der Waals surface area contributed by atoms with Crippen LogP contribution in [0.1, 0.15) is 35.1 Å². The number of halogens is 2. The molecular weight excluding hydrogens is 454 g/mol. The predicted molar refractivity (Wildman–Crippen MR) is 118 cm³/mol. The molecule has 0 saturated carbocycles. The topological polar surface area (TPSA) is 124 Å². The zero-order valence-corrected chi connectivity index (χ0v) is 18.9. The van der Waals surface area contributed by atoms with E-state index in [1.807, 2.05) is 0 Å². The van der Waals surface area contributed by atoms with Gasteiger partial charge in [-0.2, -0.15) is 5.10 Å². The molecule has 3 aliphatic rings. The van der Waals surface area contributed by atoms with Crippen molar-refractivity contribution >= 4 is 21.6 Å². The molecule has 12 heteroatoms. The van der Waals surface area contributed by atoms with Gasteiger partial charge in [0.15, 0.2) is 9.92 Å². The van der Waals surface area contributed by atoms with E-state index in [9.17, 15) is 17.8 Å². The Hall–Kier alpha value is -2.57. The highest BCUT2D eigenvalue weighted by Gasteiger charge is 2.31. The smallest absolute Gasteiger partial charge is 0.354 e. The second kappa shape index (κ2) is 8.65. The summed E-state index contributed by atoms with van der Waals surface area (Å²) in [5.41, 5.74) is 3.52. The summed E-state index contributed by atoms with van der Waals surface area (Å²) in [6.45, 7) is 0.287. The van der Waals surface area contributed by atoms with E-state index in [1.165, 1.54) is 10.9 Å². The van der Waals surface area contributed by atoms with E-state index in [1.54, 1.807) is 0 Å². The van der Waals surface area contributed by atoms with Crippen LogP contribution in [0.3, 0.4) is 0 Å². The summed E-state index contributed by atoms with van der Waals surface area (Å²) in [4.78, 5) is 12.8. The number of benzene rings is 1. The van der Waals surface area contributed by atoms with Gasteiger partial charge in [-0.25, -0.2) is 27.6 Å². The standard InChI is InChI=1S/C21H26F2N6O3S/c22-7-8-25-12-10-29-20(32-11-12)17(9-26-29)33(24,31)28-21(30)27-19-15-5-1-3-13(15)18(23)14-4-2-6-16(14)19/h9,12,25H,1-8,10-11H2,(H3,24,27,28,30,31)/t12-,33-/m0/s1. The second-order valence-corrected chi connectivity index (χ2v) is 10.3. The molecule has 2 amide bonds. The third-order valence-corrected chi connectivity index (χ3v) is 7.78. The lowest BCUT2D eigenvalue weighted by Gasteiger charge is -2.25. The lowest BCUT2D eigenvalue weighted by Crippen LogP contribution is -2.42. The highest BCUT2D eigenvalue weighted by atomic mass is 32.2. The number of alkyl halides is 1. The number of anilines is 1. The molecule has 178 valence electrons. The van der Waals surface area contributed by atoms with Crippen LogP contribution in [0.4, 0.5) is 19.3 Å². The van der Waals surface area contributed by atoms with E-state index in [2.05, 4.69) is 20.1 Å². The number of nitrogens with two attached hydrogens (primary N) is 1. The second-order valence-electron chi connectivity index (χ2n) is 8.55. The van der Waals surface area contributed by atoms with Crippen molar-refractivity contribution in [2.75, 3.05) is 25.1 Å².